The average Bonchev–Trinajstić information content (AvgIpc) is 3.26. The number of amides is 1. The van der Waals surface area contributed by atoms with Gasteiger partial charge in [0.05, 0.1) is 42.5 Å². The van der Waals surface area contributed by atoms with Gasteiger partial charge in [0.2, 0.25) is 5.91 Å². The van der Waals surface area contributed by atoms with Crippen LogP contribution in [-0.4, -0.2) is 41.3 Å². The maximum Gasteiger partial charge on any atom is 0.416 e. The molecule has 0 radical (unpaired) electrons. The van der Waals surface area contributed by atoms with Gasteiger partial charge in [-0.3, -0.25) is 4.79 Å². The Kier molecular flexibility index (Phi) is 7.27. The molecule has 1 aliphatic heterocycles. The second-order valence-corrected chi connectivity index (χ2v) is 8.95. The van der Waals surface area contributed by atoms with Crippen molar-refractivity contribution >= 4 is 11.7 Å². The van der Waals surface area contributed by atoms with Crippen LogP contribution < -0.4 is 10.6 Å². The molecule has 1 atom stereocenters. The third-order valence-corrected chi connectivity index (χ3v) is 6.27. The summed E-state index contributed by atoms with van der Waals surface area (Å²) in [5.41, 5.74) is 0.687. The predicted octanol–water partition coefficient (Wildman–Crippen LogP) is 4.49. The van der Waals surface area contributed by atoms with Crippen LogP contribution >= 0.6 is 0 Å². The van der Waals surface area contributed by atoms with Crippen molar-refractivity contribution in [3.63, 3.8) is 0 Å². The third-order valence-electron chi connectivity index (χ3n) is 6.27. The smallest absolute Gasteiger partial charge is 0.363 e. The van der Waals surface area contributed by atoms with Gasteiger partial charge < -0.3 is 20.1 Å². The van der Waals surface area contributed by atoms with Crippen LogP contribution in [0.4, 0.5) is 23.4 Å². The van der Waals surface area contributed by atoms with Gasteiger partial charge in [0.15, 0.2) is 6.29 Å². The molecule has 11 heteroatoms. The Labute approximate surface area is 200 Å². The lowest BCUT2D eigenvalue weighted by Crippen LogP contribution is -2.45. The standard InChI is InChI=1S/C24H28F4N4O3/c1-12-17(5-4-6-18(12)24(26,27)28)13(2)29-22-21(23-34-7-8-35-23)19(30-14(3)31-22)11-20(33)32-16-9-15(25)10-16/h4-6,13,15-16,23H,7-11H2,1-3H3,(H,32,33)(H,29,30,31)/t13-,15?,16?/m1/s1. The van der Waals surface area contributed by atoms with Crippen LogP contribution in [0.25, 0.3) is 0 Å². The van der Waals surface area contributed by atoms with Gasteiger partial charge >= 0.3 is 6.18 Å². The number of anilines is 1. The van der Waals surface area contributed by atoms with Crippen molar-refractivity contribution in [2.75, 3.05) is 18.5 Å². The molecule has 1 amide bonds. The lowest BCUT2D eigenvalue weighted by molar-refractivity contribution is -0.138. The van der Waals surface area contributed by atoms with Crippen molar-refractivity contribution in [1.29, 1.82) is 0 Å². The van der Waals surface area contributed by atoms with Crippen molar-refractivity contribution < 1.29 is 31.8 Å². The molecule has 2 fully saturated rings. The molecule has 35 heavy (non-hydrogen) atoms. The maximum absolute atomic E-state index is 13.4. The highest BCUT2D eigenvalue weighted by Crippen LogP contribution is 2.37. The van der Waals surface area contributed by atoms with E-state index in [4.69, 9.17) is 9.47 Å². The first kappa shape index (κ1) is 25.3. The first-order valence-corrected chi connectivity index (χ1v) is 11.5. The number of aryl methyl sites for hydroxylation is 1. The summed E-state index contributed by atoms with van der Waals surface area (Å²) in [6, 6.07) is 3.30. The third kappa shape index (κ3) is 5.72. The number of rotatable bonds is 7. The quantitative estimate of drug-likeness (QED) is 0.550. The molecule has 1 aromatic carbocycles. The molecule has 1 aromatic heterocycles. The Morgan fingerprint density at radius 2 is 1.86 bits per heavy atom. The van der Waals surface area contributed by atoms with Gasteiger partial charge in [0, 0.05) is 6.04 Å². The molecule has 190 valence electrons. The zero-order chi connectivity index (χ0) is 25.3. The second-order valence-electron chi connectivity index (χ2n) is 8.95. The Morgan fingerprint density at radius 3 is 2.49 bits per heavy atom. The van der Waals surface area contributed by atoms with Crippen molar-refractivity contribution in [1.82, 2.24) is 15.3 Å². The van der Waals surface area contributed by atoms with Crippen molar-refractivity contribution in [2.24, 2.45) is 0 Å². The molecule has 1 aliphatic carbocycles. The number of hydrogen-bond donors (Lipinski definition) is 2. The van der Waals surface area contributed by atoms with E-state index >= 15 is 0 Å². The molecule has 2 N–H and O–H groups in total. The van der Waals surface area contributed by atoms with Gasteiger partial charge in [-0.1, -0.05) is 12.1 Å². The number of halogens is 4. The molecule has 2 heterocycles. The zero-order valence-corrected chi connectivity index (χ0v) is 19.7. The highest BCUT2D eigenvalue weighted by molar-refractivity contribution is 5.79. The highest BCUT2D eigenvalue weighted by atomic mass is 19.4. The Hall–Kier alpha value is -2.79. The molecule has 1 saturated heterocycles. The maximum atomic E-state index is 13.4. The van der Waals surface area contributed by atoms with E-state index in [-0.39, 0.29) is 36.8 Å². The van der Waals surface area contributed by atoms with E-state index in [2.05, 4.69) is 20.6 Å². The molecular weight excluding hydrogens is 468 g/mol. The predicted molar refractivity (Wildman–Crippen MR) is 119 cm³/mol. The summed E-state index contributed by atoms with van der Waals surface area (Å²) in [4.78, 5) is 21.5. The summed E-state index contributed by atoms with van der Waals surface area (Å²) in [5.74, 6) is 0.383. The fraction of sp³-hybridized carbons (Fsp3) is 0.542. The Morgan fingerprint density at radius 1 is 1.17 bits per heavy atom. The SMILES string of the molecule is Cc1nc(CC(=O)NC2CC(F)C2)c(C2OCCO2)c(N[C@H](C)c2cccc(C(F)(F)F)c2C)n1. The van der Waals surface area contributed by atoms with Gasteiger partial charge in [-0.15, -0.1) is 0 Å². The van der Waals surface area contributed by atoms with Crippen molar-refractivity contribution in [2.45, 2.75) is 70.8 Å². The van der Waals surface area contributed by atoms with Gasteiger partial charge in [-0.25, -0.2) is 14.4 Å². The number of aromatic nitrogens is 2. The number of carbonyl (C=O) groups excluding carboxylic acids is 1. The molecule has 7 nitrogen and oxygen atoms in total. The van der Waals surface area contributed by atoms with Crippen molar-refractivity contribution in [3.05, 3.63) is 52.0 Å². The lowest BCUT2D eigenvalue weighted by atomic mass is 9.90. The van der Waals surface area contributed by atoms with Crippen LogP contribution in [0.3, 0.4) is 0 Å². The molecule has 0 spiro atoms. The van der Waals surface area contributed by atoms with E-state index < -0.39 is 30.2 Å². The lowest BCUT2D eigenvalue weighted by Gasteiger charge is -2.30. The van der Waals surface area contributed by atoms with Gasteiger partial charge in [-0.05, 0) is 50.8 Å². The number of alkyl halides is 4. The number of hydrogen-bond acceptors (Lipinski definition) is 6. The molecule has 2 aliphatic rings. The number of nitrogens with zero attached hydrogens (tertiary/aromatic N) is 2. The molecular formula is C24H28F4N4O3. The normalized spacial score (nSPS) is 21.5. The molecule has 0 bridgehead atoms. The fourth-order valence-corrected chi connectivity index (χ4v) is 4.47. The number of ether oxygens (including phenoxy) is 2. The van der Waals surface area contributed by atoms with Crippen LogP contribution in [0.1, 0.15) is 65.9 Å². The molecule has 4 rings (SSSR count). The van der Waals surface area contributed by atoms with E-state index in [9.17, 15) is 22.4 Å². The summed E-state index contributed by atoms with van der Waals surface area (Å²) in [6.45, 7) is 5.50. The fourth-order valence-electron chi connectivity index (χ4n) is 4.47. The largest absolute Gasteiger partial charge is 0.416 e. The van der Waals surface area contributed by atoms with Crippen LogP contribution in [0.15, 0.2) is 18.2 Å². The summed E-state index contributed by atoms with van der Waals surface area (Å²) in [5, 5.41) is 5.99. The minimum absolute atomic E-state index is 0.0962. The molecule has 2 aromatic rings. The van der Waals surface area contributed by atoms with Gasteiger partial charge in [-0.2, -0.15) is 13.2 Å². The van der Waals surface area contributed by atoms with Crippen LogP contribution in [-0.2, 0) is 26.9 Å². The number of benzene rings is 1. The van der Waals surface area contributed by atoms with Gasteiger partial charge in [0.25, 0.3) is 0 Å². The molecule has 1 saturated carbocycles. The Balaban J connectivity index is 1.63. The number of nitrogens with one attached hydrogen (secondary N) is 2. The van der Waals surface area contributed by atoms with E-state index in [1.165, 1.54) is 13.0 Å². The van der Waals surface area contributed by atoms with E-state index in [0.717, 1.165) is 6.07 Å². The minimum atomic E-state index is -4.47. The monoisotopic (exact) mass is 496 g/mol. The minimum Gasteiger partial charge on any atom is -0.363 e. The summed E-state index contributed by atoms with van der Waals surface area (Å²) in [6.07, 6.45) is -5.70. The summed E-state index contributed by atoms with van der Waals surface area (Å²) in [7, 11) is 0. The highest BCUT2D eigenvalue weighted by Gasteiger charge is 2.34. The second kappa shape index (κ2) is 10.1. The molecule has 0 unspecified atom stereocenters. The summed E-state index contributed by atoms with van der Waals surface area (Å²) >= 11 is 0. The average molecular weight is 497 g/mol. The number of carbonyl (C=O) groups is 1. The first-order chi connectivity index (χ1) is 16.5. The topological polar surface area (TPSA) is 85.4 Å². The van der Waals surface area contributed by atoms with E-state index in [0.29, 0.717) is 41.7 Å². The zero-order valence-electron chi connectivity index (χ0n) is 19.7. The first-order valence-electron chi connectivity index (χ1n) is 11.5. The van der Waals surface area contributed by atoms with Crippen LogP contribution in [0, 0.1) is 13.8 Å². The van der Waals surface area contributed by atoms with Crippen LogP contribution in [0.5, 0.6) is 0 Å². The van der Waals surface area contributed by atoms with Gasteiger partial charge in [0.1, 0.15) is 17.8 Å². The van der Waals surface area contributed by atoms with Crippen LogP contribution in [0.2, 0.25) is 0 Å². The van der Waals surface area contributed by atoms with Crippen molar-refractivity contribution in [3.8, 4) is 0 Å². The van der Waals surface area contributed by atoms with E-state index in [1.54, 1.807) is 19.9 Å². The van der Waals surface area contributed by atoms with E-state index in [1.807, 2.05) is 0 Å². The Bertz CT molecular complexity index is 1080. The summed E-state index contributed by atoms with van der Waals surface area (Å²) < 4.78 is 64.7.